The van der Waals surface area contributed by atoms with Gasteiger partial charge in [-0.2, -0.15) is 8.42 Å². The van der Waals surface area contributed by atoms with Gasteiger partial charge in [-0.3, -0.25) is 9.59 Å². The molecule has 6 heteroatoms. The molecule has 0 saturated carbocycles. The fourth-order valence-corrected chi connectivity index (χ4v) is 1.40. The summed E-state index contributed by atoms with van der Waals surface area (Å²) < 4.78 is 21.1. The normalized spacial score (nSPS) is 14.6. The van der Waals surface area contributed by atoms with Gasteiger partial charge in [-0.05, 0) is 12.2 Å². The molecule has 5 nitrogen and oxygen atoms in total. The summed E-state index contributed by atoms with van der Waals surface area (Å²) in [6.07, 6.45) is 4.86. The Labute approximate surface area is 81.6 Å². The van der Waals surface area contributed by atoms with Gasteiger partial charge in [0.1, 0.15) is 0 Å². The molecule has 1 aliphatic rings. The van der Waals surface area contributed by atoms with Crippen LogP contribution in [-0.4, -0.2) is 25.5 Å². The largest absolute Gasteiger partial charge is 0.320 e. The minimum atomic E-state index is -2.29. The average Bonchev–Trinajstić information content (AvgIpc) is 2.18. The van der Waals surface area contributed by atoms with Crippen LogP contribution >= 0.6 is 0 Å². The van der Waals surface area contributed by atoms with Crippen molar-refractivity contribution >= 4 is 27.4 Å². The molecule has 0 unspecified atom stereocenters. The topological polar surface area (TPSA) is 80.3 Å². The molecule has 0 aromatic carbocycles. The fourth-order valence-electron chi connectivity index (χ4n) is 0.948. The van der Waals surface area contributed by atoms with Crippen LogP contribution in [0.1, 0.15) is 6.42 Å². The van der Waals surface area contributed by atoms with E-state index < -0.39 is 16.2 Å². The van der Waals surface area contributed by atoms with Crippen LogP contribution in [0.15, 0.2) is 23.9 Å². The van der Waals surface area contributed by atoms with E-state index in [1.807, 2.05) is 0 Å². The molecule has 0 radical (unpaired) electrons. The number of hydrogen-bond donors (Lipinski definition) is 1. The number of nitrogens with one attached hydrogen (secondary N) is 1. The standard InChI is InChI=1S/C8H7NO4S/c10-5-8(11)9-6-2-1-3-7(4-6)14(12)13/h1-2,4-5H,3H2,(H,9,11). The van der Waals surface area contributed by atoms with Crippen LogP contribution in [0.25, 0.3) is 0 Å². The van der Waals surface area contributed by atoms with E-state index in [1.54, 1.807) is 6.08 Å². The van der Waals surface area contributed by atoms with Crippen LogP contribution in [0.4, 0.5) is 0 Å². The lowest BCUT2D eigenvalue weighted by Gasteiger charge is -2.05. The van der Waals surface area contributed by atoms with Crippen molar-refractivity contribution in [1.29, 1.82) is 0 Å². The highest BCUT2D eigenvalue weighted by Gasteiger charge is 2.06. The Bertz CT molecular complexity index is 448. The van der Waals surface area contributed by atoms with Gasteiger partial charge in [0.05, 0.1) is 4.86 Å². The summed E-state index contributed by atoms with van der Waals surface area (Å²) in [5.74, 6) is -0.807. The van der Waals surface area contributed by atoms with E-state index in [1.165, 1.54) is 12.2 Å². The Kier molecular flexibility index (Phi) is 3.35. The van der Waals surface area contributed by atoms with Crippen molar-refractivity contribution in [3.05, 3.63) is 23.9 Å². The maximum atomic E-state index is 10.6. The maximum absolute atomic E-state index is 10.6. The second kappa shape index (κ2) is 4.52. The Balaban J connectivity index is 2.91. The second-order valence-corrected chi connectivity index (χ2v) is 3.51. The minimum absolute atomic E-state index is 0.122. The molecule has 0 aromatic heterocycles. The van der Waals surface area contributed by atoms with Crippen molar-refractivity contribution in [3.8, 4) is 0 Å². The summed E-state index contributed by atoms with van der Waals surface area (Å²) in [6, 6.07) is 0. The summed E-state index contributed by atoms with van der Waals surface area (Å²) in [4.78, 5) is 20.8. The quantitative estimate of drug-likeness (QED) is 0.370. The molecule has 0 aromatic rings. The zero-order valence-electron chi connectivity index (χ0n) is 7.06. The predicted octanol–water partition coefficient (Wildman–Crippen LogP) is -0.803. The summed E-state index contributed by atoms with van der Waals surface area (Å²) in [5, 5.41) is 2.23. The smallest absolute Gasteiger partial charge is 0.288 e. The third-order valence-electron chi connectivity index (χ3n) is 1.52. The van der Waals surface area contributed by atoms with Gasteiger partial charge in [-0.25, -0.2) is 0 Å². The third kappa shape index (κ3) is 2.67. The number of rotatable bonds is 2. The van der Waals surface area contributed by atoms with E-state index in [0.29, 0.717) is 12.1 Å². The Morgan fingerprint density at radius 3 is 2.79 bits per heavy atom. The van der Waals surface area contributed by atoms with Crippen molar-refractivity contribution < 1.29 is 18.0 Å². The molecule has 0 bridgehead atoms. The zero-order valence-corrected chi connectivity index (χ0v) is 7.87. The first-order chi connectivity index (χ1) is 6.63. The van der Waals surface area contributed by atoms with Gasteiger partial charge < -0.3 is 5.32 Å². The minimum Gasteiger partial charge on any atom is -0.320 e. The summed E-state index contributed by atoms with van der Waals surface area (Å²) in [5.41, 5.74) is 0.299. The van der Waals surface area contributed by atoms with Gasteiger partial charge in [0, 0.05) is 12.1 Å². The monoisotopic (exact) mass is 213 g/mol. The van der Waals surface area contributed by atoms with Crippen LogP contribution < -0.4 is 5.32 Å². The number of aldehydes is 1. The van der Waals surface area contributed by atoms with Crippen molar-refractivity contribution in [2.75, 3.05) is 0 Å². The first-order valence-electron chi connectivity index (χ1n) is 3.73. The van der Waals surface area contributed by atoms with Crippen molar-refractivity contribution in [3.63, 3.8) is 0 Å². The molecule has 0 atom stereocenters. The molecule has 0 aliphatic heterocycles. The van der Waals surface area contributed by atoms with Gasteiger partial charge in [-0.1, -0.05) is 6.08 Å². The Morgan fingerprint density at radius 2 is 2.21 bits per heavy atom. The van der Waals surface area contributed by atoms with E-state index in [0.717, 1.165) is 0 Å². The Morgan fingerprint density at radius 1 is 1.50 bits per heavy atom. The lowest BCUT2D eigenvalue weighted by Crippen LogP contribution is -2.24. The lowest BCUT2D eigenvalue weighted by molar-refractivity contribution is -0.130. The summed E-state index contributed by atoms with van der Waals surface area (Å²) >= 11 is 0. The molecule has 1 rings (SSSR count). The van der Waals surface area contributed by atoms with Crippen LogP contribution in [0.3, 0.4) is 0 Å². The van der Waals surface area contributed by atoms with E-state index in [2.05, 4.69) is 5.32 Å². The van der Waals surface area contributed by atoms with E-state index in [9.17, 15) is 18.0 Å². The molecule has 74 valence electrons. The Hall–Kier alpha value is -1.69. The molecule has 0 spiro atoms. The lowest BCUT2D eigenvalue weighted by atomic mass is 10.1. The molecule has 0 fully saturated rings. The molecular weight excluding hydrogens is 206 g/mol. The number of allylic oxidation sites excluding steroid dienone is 3. The van der Waals surface area contributed by atoms with Gasteiger partial charge in [-0.15, -0.1) is 0 Å². The highest BCUT2D eigenvalue weighted by Crippen LogP contribution is 2.04. The number of carbonyl (C=O) groups is 2. The SMILES string of the molecule is O=CC(=O)NC1=CC(=S(=O)=O)CC=C1. The molecule has 0 heterocycles. The van der Waals surface area contributed by atoms with Gasteiger partial charge in [0.25, 0.3) is 5.91 Å². The number of amides is 1. The van der Waals surface area contributed by atoms with Crippen molar-refractivity contribution in [2.45, 2.75) is 6.42 Å². The fraction of sp³-hybridized carbons (Fsp3) is 0.125. The van der Waals surface area contributed by atoms with E-state index in [4.69, 9.17) is 0 Å². The van der Waals surface area contributed by atoms with E-state index >= 15 is 0 Å². The number of hydrogen-bond acceptors (Lipinski definition) is 4. The first-order valence-corrected chi connectivity index (χ1v) is 4.80. The summed E-state index contributed by atoms with van der Waals surface area (Å²) in [6.45, 7) is 0. The maximum Gasteiger partial charge on any atom is 0.288 e. The zero-order chi connectivity index (χ0) is 10.6. The van der Waals surface area contributed by atoms with Crippen LogP contribution in [0.2, 0.25) is 0 Å². The molecule has 1 N–H and O–H groups in total. The predicted molar refractivity (Wildman–Crippen MR) is 50.0 cm³/mol. The van der Waals surface area contributed by atoms with Crippen LogP contribution in [-0.2, 0) is 19.9 Å². The number of carbonyl (C=O) groups excluding carboxylic acids is 2. The summed E-state index contributed by atoms with van der Waals surface area (Å²) in [7, 11) is -2.29. The van der Waals surface area contributed by atoms with Gasteiger partial charge in [0.15, 0.2) is 0 Å². The third-order valence-corrected chi connectivity index (χ3v) is 2.23. The van der Waals surface area contributed by atoms with Gasteiger partial charge in [0.2, 0.25) is 16.6 Å². The first kappa shape index (κ1) is 10.4. The molecule has 1 amide bonds. The van der Waals surface area contributed by atoms with E-state index in [-0.39, 0.29) is 11.2 Å². The highest BCUT2D eigenvalue weighted by molar-refractivity contribution is 7.73. The molecular formula is C8H7NO4S. The van der Waals surface area contributed by atoms with Crippen molar-refractivity contribution in [2.24, 2.45) is 0 Å². The van der Waals surface area contributed by atoms with Crippen LogP contribution in [0, 0.1) is 0 Å². The second-order valence-electron chi connectivity index (χ2n) is 2.51. The molecule has 0 saturated heterocycles. The van der Waals surface area contributed by atoms with Crippen LogP contribution in [0.5, 0.6) is 0 Å². The molecule has 1 aliphatic carbocycles. The van der Waals surface area contributed by atoms with Gasteiger partial charge >= 0.3 is 0 Å². The average molecular weight is 213 g/mol. The highest BCUT2D eigenvalue weighted by atomic mass is 32.2. The van der Waals surface area contributed by atoms with Crippen molar-refractivity contribution in [1.82, 2.24) is 5.32 Å². The molecule has 14 heavy (non-hydrogen) atoms.